The van der Waals surface area contributed by atoms with Gasteiger partial charge in [-0.05, 0) is 67.0 Å². The van der Waals surface area contributed by atoms with E-state index in [4.69, 9.17) is 5.11 Å². The fourth-order valence-electron chi connectivity index (χ4n) is 0.961. The highest BCUT2D eigenvalue weighted by molar-refractivity contribution is 4.49. The molecule has 0 aliphatic heterocycles. The van der Waals surface area contributed by atoms with Crippen molar-refractivity contribution >= 4 is 0 Å². The van der Waals surface area contributed by atoms with E-state index in [0.717, 1.165) is 18.9 Å². The van der Waals surface area contributed by atoms with E-state index < -0.39 is 0 Å². The van der Waals surface area contributed by atoms with Gasteiger partial charge in [0.25, 0.3) is 0 Å². The van der Waals surface area contributed by atoms with E-state index in [1.807, 2.05) is 34.9 Å². The summed E-state index contributed by atoms with van der Waals surface area (Å²) in [7, 11) is 8.23. The summed E-state index contributed by atoms with van der Waals surface area (Å²) in [5.74, 6) is 0.845. The largest absolute Gasteiger partial charge is 0.393 e. The van der Waals surface area contributed by atoms with Crippen LogP contribution in [0, 0.1) is 5.92 Å². The third-order valence-corrected chi connectivity index (χ3v) is 2.15. The maximum atomic E-state index is 8.77. The molecule has 0 aromatic heterocycles. The molecule has 0 aliphatic carbocycles. The first-order chi connectivity index (χ1) is 8.25. The van der Waals surface area contributed by atoms with Crippen LogP contribution in [0.2, 0.25) is 0 Å². The average Bonchev–Trinajstić information content (AvgIpc) is 2.27. The Morgan fingerprint density at radius 1 is 0.778 bits per heavy atom. The molecule has 0 aromatic rings. The summed E-state index contributed by atoms with van der Waals surface area (Å²) in [6.07, 6.45) is 2.03. The maximum Gasteiger partial charge on any atom is 0.0524 e. The van der Waals surface area contributed by atoms with Crippen LogP contribution >= 0.6 is 0 Å². The predicted octanol–water partition coefficient (Wildman–Crippen LogP) is 2.94. The fourth-order valence-corrected chi connectivity index (χ4v) is 0.961. The van der Waals surface area contributed by atoms with Crippen molar-refractivity contribution in [2.75, 3.05) is 41.3 Å². The second kappa shape index (κ2) is 16.9. The van der Waals surface area contributed by atoms with Crippen LogP contribution in [0.1, 0.15) is 47.5 Å². The molecule has 0 radical (unpaired) electrons. The molecule has 0 rings (SSSR count). The number of hydrogen-bond donors (Lipinski definition) is 1. The summed E-state index contributed by atoms with van der Waals surface area (Å²) in [6.45, 7) is 12.5. The van der Waals surface area contributed by atoms with E-state index in [1.165, 1.54) is 13.0 Å². The van der Waals surface area contributed by atoms with Crippen molar-refractivity contribution in [3.05, 3.63) is 0 Å². The molecule has 0 saturated heterocycles. The van der Waals surface area contributed by atoms with E-state index in [-0.39, 0.29) is 6.10 Å². The number of aliphatic hydroxyl groups is 1. The Hall–Kier alpha value is -0.120. The van der Waals surface area contributed by atoms with E-state index in [9.17, 15) is 0 Å². The Balaban J connectivity index is -0.000000219. The SMILES string of the molecule is CC.CC(C)CCN(C)C.CC(O)CCN(C)C. The van der Waals surface area contributed by atoms with Gasteiger partial charge in [-0.2, -0.15) is 0 Å². The van der Waals surface area contributed by atoms with Gasteiger partial charge >= 0.3 is 0 Å². The van der Waals surface area contributed by atoms with E-state index >= 15 is 0 Å². The van der Waals surface area contributed by atoms with Crippen LogP contribution in [-0.2, 0) is 0 Å². The number of nitrogens with zero attached hydrogens (tertiary/aromatic N) is 2. The molecule has 0 aliphatic rings. The molecule has 1 unspecified atom stereocenters. The zero-order valence-corrected chi connectivity index (χ0v) is 14.3. The topological polar surface area (TPSA) is 26.7 Å². The molecule has 0 heterocycles. The summed E-state index contributed by atoms with van der Waals surface area (Å²) in [4.78, 5) is 4.28. The molecular weight excluding hydrogens is 224 g/mol. The van der Waals surface area contributed by atoms with Crippen LogP contribution < -0.4 is 0 Å². The molecule has 114 valence electrons. The van der Waals surface area contributed by atoms with Crippen LogP contribution in [0.4, 0.5) is 0 Å². The normalized spacial score (nSPS) is 11.8. The minimum Gasteiger partial charge on any atom is -0.393 e. The van der Waals surface area contributed by atoms with Crippen molar-refractivity contribution in [1.82, 2.24) is 9.80 Å². The molecule has 18 heavy (non-hydrogen) atoms. The van der Waals surface area contributed by atoms with Gasteiger partial charge in [0.05, 0.1) is 6.10 Å². The first kappa shape index (κ1) is 23.0. The highest BCUT2D eigenvalue weighted by Gasteiger charge is 1.94. The van der Waals surface area contributed by atoms with Crippen molar-refractivity contribution in [1.29, 1.82) is 0 Å². The minimum absolute atomic E-state index is 0.155. The fraction of sp³-hybridized carbons (Fsp3) is 1.00. The number of hydrogen-bond acceptors (Lipinski definition) is 3. The smallest absolute Gasteiger partial charge is 0.0524 e. The lowest BCUT2D eigenvalue weighted by Gasteiger charge is -2.10. The lowest BCUT2D eigenvalue weighted by Crippen LogP contribution is -2.17. The Bertz CT molecular complexity index is 102. The third-order valence-electron chi connectivity index (χ3n) is 2.15. The van der Waals surface area contributed by atoms with Crippen molar-refractivity contribution in [3.63, 3.8) is 0 Å². The molecule has 0 aromatic carbocycles. The first-order valence-electron chi connectivity index (χ1n) is 7.23. The first-order valence-corrected chi connectivity index (χ1v) is 7.23. The van der Waals surface area contributed by atoms with Crippen molar-refractivity contribution in [2.45, 2.75) is 53.6 Å². The zero-order chi connectivity index (χ0) is 15.1. The Morgan fingerprint density at radius 2 is 1.11 bits per heavy atom. The standard InChI is InChI=1S/C7H17N.C6H15NO.C2H6/c1-7(2)5-6-8(3)4;1-6(8)4-5-7(2)3;1-2/h7H,5-6H2,1-4H3;6,8H,4-5H2,1-3H3;1-2H3. The van der Waals surface area contributed by atoms with Crippen molar-refractivity contribution in [3.8, 4) is 0 Å². The van der Waals surface area contributed by atoms with Crippen LogP contribution in [0.25, 0.3) is 0 Å². The molecule has 0 saturated carbocycles. The predicted molar refractivity (Wildman–Crippen MR) is 84.2 cm³/mol. The second-order valence-electron chi connectivity index (χ2n) is 5.43. The lowest BCUT2D eigenvalue weighted by molar-refractivity contribution is 0.170. The quantitative estimate of drug-likeness (QED) is 0.797. The molecule has 0 amide bonds. The van der Waals surface area contributed by atoms with Gasteiger partial charge < -0.3 is 14.9 Å². The van der Waals surface area contributed by atoms with Gasteiger partial charge in [-0.25, -0.2) is 0 Å². The second-order valence-corrected chi connectivity index (χ2v) is 5.43. The molecule has 1 atom stereocenters. The summed E-state index contributed by atoms with van der Waals surface area (Å²) in [5.41, 5.74) is 0. The monoisotopic (exact) mass is 262 g/mol. The Labute approximate surface area is 116 Å². The Morgan fingerprint density at radius 3 is 1.22 bits per heavy atom. The maximum absolute atomic E-state index is 8.77. The summed E-state index contributed by atoms with van der Waals surface area (Å²) >= 11 is 0. The molecule has 0 fully saturated rings. The van der Waals surface area contributed by atoms with Crippen molar-refractivity contribution in [2.24, 2.45) is 5.92 Å². The van der Waals surface area contributed by atoms with Crippen molar-refractivity contribution < 1.29 is 5.11 Å². The molecule has 1 N–H and O–H groups in total. The van der Waals surface area contributed by atoms with Crippen LogP contribution in [0.3, 0.4) is 0 Å². The van der Waals surface area contributed by atoms with E-state index in [2.05, 4.69) is 37.7 Å². The summed E-state index contributed by atoms with van der Waals surface area (Å²) in [6, 6.07) is 0. The molecule has 3 nitrogen and oxygen atoms in total. The number of aliphatic hydroxyl groups excluding tert-OH is 1. The third kappa shape index (κ3) is 36.0. The van der Waals surface area contributed by atoms with Gasteiger partial charge in [0, 0.05) is 0 Å². The molecule has 0 spiro atoms. The highest BCUT2D eigenvalue weighted by Crippen LogP contribution is 1.98. The minimum atomic E-state index is -0.155. The van der Waals surface area contributed by atoms with Gasteiger partial charge in [-0.3, -0.25) is 0 Å². The molecular formula is C15H38N2O. The summed E-state index contributed by atoms with van der Waals surface area (Å²) < 4.78 is 0. The Kier molecular flexibility index (Phi) is 21.6. The molecule has 0 bridgehead atoms. The summed E-state index contributed by atoms with van der Waals surface area (Å²) in [5, 5.41) is 8.77. The van der Waals surface area contributed by atoms with Gasteiger partial charge in [0.1, 0.15) is 0 Å². The van der Waals surface area contributed by atoms with Gasteiger partial charge in [0.2, 0.25) is 0 Å². The van der Waals surface area contributed by atoms with Gasteiger partial charge in [0.15, 0.2) is 0 Å². The van der Waals surface area contributed by atoms with E-state index in [1.54, 1.807) is 0 Å². The van der Waals surface area contributed by atoms with Crippen LogP contribution in [0.15, 0.2) is 0 Å². The van der Waals surface area contributed by atoms with Crippen LogP contribution in [-0.4, -0.2) is 62.3 Å². The van der Waals surface area contributed by atoms with Gasteiger partial charge in [-0.15, -0.1) is 0 Å². The van der Waals surface area contributed by atoms with E-state index in [0.29, 0.717) is 0 Å². The lowest BCUT2D eigenvalue weighted by atomic mass is 10.1. The van der Waals surface area contributed by atoms with Gasteiger partial charge in [-0.1, -0.05) is 27.7 Å². The average molecular weight is 262 g/mol. The number of rotatable bonds is 6. The molecule has 3 heteroatoms. The zero-order valence-electron chi connectivity index (χ0n) is 14.3. The van der Waals surface area contributed by atoms with Crippen LogP contribution in [0.5, 0.6) is 0 Å². The highest BCUT2D eigenvalue weighted by atomic mass is 16.3.